The summed E-state index contributed by atoms with van der Waals surface area (Å²) < 4.78 is 0. The molecule has 436 valence electrons. The highest BCUT2D eigenvalue weighted by Gasteiger charge is 2.35. The van der Waals surface area contributed by atoms with Crippen molar-refractivity contribution in [3.05, 3.63) is 0 Å². The van der Waals surface area contributed by atoms with Crippen LogP contribution in [0.3, 0.4) is 0 Å². The Morgan fingerprint density at radius 2 is 1.18 bits per heavy atom. The van der Waals surface area contributed by atoms with Gasteiger partial charge in [0.25, 0.3) is 0 Å². The summed E-state index contributed by atoms with van der Waals surface area (Å²) >= 11 is 0. The average Bonchev–Trinajstić information content (AvgIpc) is 3.81. The van der Waals surface area contributed by atoms with Crippen LogP contribution in [0.2, 0.25) is 0 Å². The monoisotopic (exact) mass is 1090 g/mol. The van der Waals surface area contributed by atoms with Gasteiger partial charge in [-0.05, 0) is 44.4 Å². The van der Waals surface area contributed by atoms with Crippen LogP contribution in [0, 0.1) is 11.8 Å². The molecule has 2 bridgehead atoms. The lowest BCUT2D eigenvalue weighted by atomic mass is 9.90. The molecule has 4 saturated heterocycles. The smallest absolute Gasteiger partial charge is 0.243 e. The molecule has 0 aromatic carbocycles. The fourth-order valence-corrected chi connectivity index (χ4v) is 9.43. The third-order valence-electron chi connectivity index (χ3n) is 13.8. The first-order chi connectivity index (χ1) is 36.6. The number of unbranched alkanes of at least 4 members (excludes halogenated alkanes) is 1. The summed E-state index contributed by atoms with van der Waals surface area (Å²) in [6, 6.07) is -4.35. The van der Waals surface area contributed by atoms with Crippen molar-refractivity contribution in [1.82, 2.24) is 63.8 Å². The number of ketones is 3. The molecule has 26 heteroatoms. The Bertz CT molecular complexity index is 1950. The number of hydrogen-bond acceptors (Lipinski definition) is 18. The SMILES string of the molecule is CCC(=O)[C@H](CC(N)=O)NC(=O)CCC(=O)[C@H](CC(C)C)NC(=O)[C@H](CCCCNC(=O)CCCC(=O)NC12CNCCNCC(N)(CNCCNC1)CNCCNC2)CC(=O)[C@H](CCC(N)=O)NC(=O)[C@@H]1CCC(=O)N1. The van der Waals surface area contributed by atoms with Crippen molar-refractivity contribution in [2.75, 3.05) is 85.1 Å². The minimum Gasteiger partial charge on any atom is -0.370 e. The van der Waals surface area contributed by atoms with E-state index in [1.165, 1.54) is 0 Å². The van der Waals surface area contributed by atoms with Crippen LogP contribution < -0.4 is 81.0 Å². The number of nitrogens with two attached hydrogens (primary N) is 3. The van der Waals surface area contributed by atoms with Crippen molar-refractivity contribution < 1.29 is 52.7 Å². The second-order valence-corrected chi connectivity index (χ2v) is 21.3. The molecule has 77 heavy (non-hydrogen) atoms. The lowest BCUT2D eigenvalue weighted by molar-refractivity contribution is -0.135. The summed E-state index contributed by atoms with van der Waals surface area (Å²) in [5.41, 5.74) is 16.3. The highest BCUT2D eigenvalue weighted by atomic mass is 16.2. The first-order valence-electron chi connectivity index (χ1n) is 27.6. The quantitative estimate of drug-likeness (QED) is 0.0290. The van der Waals surface area contributed by atoms with Crippen molar-refractivity contribution in [3.63, 3.8) is 0 Å². The number of rotatable bonds is 31. The molecular formula is C51H91N15O11. The second-order valence-electron chi connectivity index (χ2n) is 21.3. The molecule has 0 aromatic rings. The fraction of sp³-hybridized carbons (Fsp3) is 0.784. The molecule has 0 spiro atoms. The zero-order chi connectivity index (χ0) is 56.8. The number of Topliss-reactive ketones (excluding diaryl/α,β-unsaturated/α-hetero) is 3. The molecule has 0 unspecified atom stereocenters. The van der Waals surface area contributed by atoms with E-state index in [4.69, 9.17) is 17.2 Å². The van der Waals surface area contributed by atoms with Crippen LogP contribution in [0.25, 0.3) is 0 Å². The highest BCUT2D eigenvalue weighted by molar-refractivity contribution is 5.98. The normalized spacial score (nSPS) is 22.1. The first kappa shape index (κ1) is 65.8. The van der Waals surface area contributed by atoms with Gasteiger partial charge in [0.2, 0.25) is 47.3 Å². The predicted octanol–water partition coefficient (Wildman–Crippen LogP) is -4.62. The Morgan fingerprint density at radius 3 is 1.71 bits per heavy atom. The number of primary amides is 2. The van der Waals surface area contributed by atoms with Gasteiger partial charge in [0.15, 0.2) is 17.3 Å². The fourth-order valence-electron chi connectivity index (χ4n) is 9.43. The maximum absolute atomic E-state index is 14.2. The molecule has 4 rings (SSSR count). The minimum absolute atomic E-state index is 0.0421. The lowest BCUT2D eigenvalue weighted by Gasteiger charge is -2.37. The third-order valence-corrected chi connectivity index (χ3v) is 13.8. The molecular weight excluding hydrogens is 999 g/mol. The zero-order valence-electron chi connectivity index (χ0n) is 45.7. The van der Waals surface area contributed by atoms with E-state index in [-0.39, 0.29) is 101 Å². The van der Waals surface area contributed by atoms with Gasteiger partial charge in [0.05, 0.1) is 35.6 Å². The van der Waals surface area contributed by atoms with E-state index >= 15 is 0 Å². The molecule has 8 amide bonds. The molecule has 5 atom stereocenters. The van der Waals surface area contributed by atoms with E-state index in [1.54, 1.807) is 6.92 Å². The number of amides is 8. The van der Waals surface area contributed by atoms with Crippen LogP contribution in [-0.4, -0.2) is 185 Å². The number of hydrogen-bond donors (Lipinski definition) is 15. The van der Waals surface area contributed by atoms with Gasteiger partial charge in [0, 0.05) is 142 Å². The second kappa shape index (κ2) is 35.1. The van der Waals surface area contributed by atoms with Crippen LogP contribution >= 0.6 is 0 Å². The summed E-state index contributed by atoms with van der Waals surface area (Å²) in [5, 5.41) is 37.4. The van der Waals surface area contributed by atoms with Gasteiger partial charge >= 0.3 is 0 Å². The Kier molecular flexibility index (Phi) is 30.0. The Balaban J connectivity index is 1.65. The first-order valence-corrected chi connectivity index (χ1v) is 27.6. The van der Waals surface area contributed by atoms with Crippen LogP contribution in [-0.2, 0) is 52.7 Å². The molecule has 4 aliphatic heterocycles. The maximum Gasteiger partial charge on any atom is 0.243 e. The lowest BCUT2D eigenvalue weighted by Crippen LogP contribution is -2.67. The predicted molar refractivity (Wildman–Crippen MR) is 287 cm³/mol. The Morgan fingerprint density at radius 1 is 0.597 bits per heavy atom. The van der Waals surface area contributed by atoms with Gasteiger partial charge in [-0.3, -0.25) is 52.7 Å². The molecule has 4 heterocycles. The van der Waals surface area contributed by atoms with Crippen LogP contribution in [0.4, 0.5) is 0 Å². The van der Waals surface area contributed by atoms with E-state index in [0.717, 1.165) is 0 Å². The maximum atomic E-state index is 14.2. The van der Waals surface area contributed by atoms with Gasteiger partial charge in [-0.2, -0.15) is 0 Å². The average molecular weight is 1090 g/mol. The van der Waals surface area contributed by atoms with Crippen LogP contribution in [0.15, 0.2) is 0 Å². The van der Waals surface area contributed by atoms with E-state index in [0.29, 0.717) is 97.8 Å². The topological polar surface area (TPSA) is 410 Å². The summed E-state index contributed by atoms with van der Waals surface area (Å²) in [6.45, 7) is 13.0. The van der Waals surface area contributed by atoms with E-state index in [2.05, 4.69) is 63.8 Å². The molecule has 0 radical (unpaired) electrons. The molecule has 0 saturated carbocycles. The number of carbonyl (C=O) groups excluding carboxylic acids is 11. The van der Waals surface area contributed by atoms with Gasteiger partial charge in [-0.1, -0.05) is 27.2 Å². The van der Waals surface area contributed by atoms with E-state index in [9.17, 15) is 52.7 Å². The van der Waals surface area contributed by atoms with Crippen LogP contribution in [0.1, 0.15) is 124 Å². The summed E-state index contributed by atoms with van der Waals surface area (Å²) in [4.78, 5) is 142. The largest absolute Gasteiger partial charge is 0.370 e. The molecule has 4 aliphatic rings. The van der Waals surface area contributed by atoms with Crippen molar-refractivity contribution in [2.24, 2.45) is 29.0 Å². The Labute approximate surface area is 452 Å². The van der Waals surface area contributed by atoms with Gasteiger partial charge in [-0.15, -0.1) is 0 Å². The summed E-state index contributed by atoms with van der Waals surface area (Å²) in [7, 11) is 0. The molecule has 0 aliphatic carbocycles. The third kappa shape index (κ3) is 26.6. The Hall–Kier alpha value is -5.51. The van der Waals surface area contributed by atoms with Crippen LogP contribution in [0.5, 0.6) is 0 Å². The minimum atomic E-state index is -1.24. The molecule has 0 aromatic heterocycles. The van der Waals surface area contributed by atoms with Crippen molar-refractivity contribution >= 4 is 64.6 Å². The highest BCUT2D eigenvalue weighted by Crippen LogP contribution is 2.19. The van der Waals surface area contributed by atoms with Crippen molar-refractivity contribution in [3.8, 4) is 0 Å². The van der Waals surface area contributed by atoms with Gasteiger partial charge in [-0.25, -0.2) is 0 Å². The van der Waals surface area contributed by atoms with Gasteiger partial charge < -0.3 is 81.0 Å². The summed E-state index contributed by atoms with van der Waals surface area (Å²) in [6.07, 6.45) is -0.0466. The number of carbonyl (C=O) groups is 11. The molecule has 18 N–H and O–H groups in total. The van der Waals surface area contributed by atoms with Crippen molar-refractivity contribution in [2.45, 2.75) is 159 Å². The van der Waals surface area contributed by atoms with Gasteiger partial charge in [0.1, 0.15) is 6.04 Å². The molecule has 26 nitrogen and oxygen atoms in total. The van der Waals surface area contributed by atoms with E-state index < -0.39 is 101 Å². The number of fused-ring (bicyclic) bond motifs is 15. The van der Waals surface area contributed by atoms with E-state index in [1.807, 2.05) is 13.8 Å². The van der Waals surface area contributed by atoms with Crippen molar-refractivity contribution in [1.29, 1.82) is 0 Å². The molecule has 4 fully saturated rings. The zero-order valence-corrected chi connectivity index (χ0v) is 45.7. The summed E-state index contributed by atoms with van der Waals surface area (Å²) in [5.74, 6) is -6.87. The number of nitrogens with one attached hydrogen (secondary N) is 12. The standard InChI is InChI=1S/C51H91N15O11/c1-4-39(67)38(26-43(53)71)63-46(74)16-13-40(68)37(24-33(2)3)65-48(76)34(25-41(69)35(11-14-42(52)70)64-49(77)36-12-15-45(73)62-36)8-5-6-17-61-44(72)9-7-10-47(75)66-51-30-58-21-18-55-27-50(54,28-56-19-22-59-31-51)29-57-20-23-60-32-51/h33-38,55-60H,4-32,54H2,1-3H3,(H2,52,70)(H2,53,71)(H,61,72)(H,62,73)(H,63,74)(H,64,77)(H,65,76)(H,66,75)/t34-,35+,36+,37+,38+,50?,51?/m1/s1.